The highest BCUT2D eigenvalue weighted by Crippen LogP contribution is 2.18. The number of carbonyl (C=O) groups is 2. The summed E-state index contributed by atoms with van der Waals surface area (Å²) < 4.78 is 5.91. The zero-order valence-corrected chi connectivity index (χ0v) is 42.4. The van der Waals surface area contributed by atoms with Crippen molar-refractivity contribution in [2.45, 2.75) is 289 Å². The number of esters is 1. The number of allylic oxidation sites excluding steroid dienone is 10. The van der Waals surface area contributed by atoms with Crippen molar-refractivity contribution in [3.05, 3.63) is 60.8 Å². The van der Waals surface area contributed by atoms with Crippen LogP contribution in [0.4, 0.5) is 0 Å². The van der Waals surface area contributed by atoms with E-state index in [4.69, 9.17) is 4.74 Å². The molecule has 6 heteroatoms. The van der Waals surface area contributed by atoms with E-state index < -0.39 is 18.2 Å². The molecule has 0 radical (unpaired) electrons. The minimum absolute atomic E-state index is 0.0497. The number of hydrogen-bond acceptors (Lipinski definition) is 5. The summed E-state index contributed by atoms with van der Waals surface area (Å²) in [5.41, 5.74) is 0. The molecule has 0 saturated carbocycles. The maximum absolute atomic E-state index is 13.2. The van der Waals surface area contributed by atoms with E-state index in [1.165, 1.54) is 148 Å². The molecule has 0 aromatic carbocycles. The predicted octanol–water partition coefficient (Wildman–Crippen LogP) is 16.8. The van der Waals surface area contributed by atoms with Gasteiger partial charge in [-0.15, -0.1) is 0 Å². The predicted molar refractivity (Wildman–Crippen MR) is 278 cm³/mol. The van der Waals surface area contributed by atoms with Crippen LogP contribution in [0.1, 0.15) is 271 Å². The molecule has 0 aliphatic heterocycles. The van der Waals surface area contributed by atoms with Crippen LogP contribution in [-0.4, -0.2) is 46.9 Å². The van der Waals surface area contributed by atoms with Crippen LogP contribution in [0, 0.1) is 0 Å². The maximum Gasteiger partial charge on any atom is 0.306 e. The Hall–Kier alpha value is -2.44. The summed E-state index contributed by atoms with van der Waals surface area (Å²) in [4.78, 5) is 26.2. The van der Waals surface area contributed by atoms with Gasteiger partial charge in [0.2, 0.25) is 5.91 Å². The Kier molecular flexibility index (Phi) is 49.6. The minimum atomic E-state index is -0.800. The van der Waals surface area contributed by atoms with Gasteiger partial charge in [-0.3, -0.25) is 9.59 Å². The monoisotopic (exact) mass is 896 g/mol. The smallest absolute Gasteiger partial charge is 0.306 e. The summed E-state index contributed by atoms with van der Waals surface area (Å²) in [6.07, 6.45) is 64.3. The number of hydrogen-bond donors (Lipinski definition) is 3. The maximum atomic E-state index is 13.2. The molecule has 0 rings (SSSR count). The summed E-state index contributed by atoms with van der Waals surface area (Å²) >= 11 is 0. The largest absolute Gasteiger partial charge is 0.462 e. The van der Waals surface area contributed by atoms with Crippen LogP contribution >= 0.6 is 0 Å². The van der Waals surface area contributed by atoms with Crippen LogP contribution in [0.15, 0.2) is 60.8 Å². The SMILES string of the molecule is CC/C=C/C/C=C/C/C=C/C/C=C/C/C=C/CCC(=O)OC(CCCCCCCCCCCCCCCCC)CC(=O)NC(CO)C(O)CCCCCCCCCCCCCCCC. The van der Waals surface area contributed by atoms with Gasteiger partial charge in [0.25, 0.3) is 0 Å². The van der Waals surface area contributed by atoms with Gasteiger partial charge in [0.1, 0.15) is 6.10 Å². The third-order valence-electron chi connectivity index (χ3n) is 12.4. The van der Waals surface area contributed by atoms with Crippen LogP contribution < -0.4 is 5.32 Å². The lowest BCUT2D eigenvalue weighted by Crippen LogP contribution is -2.46. The molecule has 3 atom stereocenters. The van der Waals surface area contributed by atoms with E-state index in [9.17, 15) is 19.8 Å². The fraction of sp³-hybridized carbons (Fsp3) is 0.793. The topological polar surface area (TPSA) is 95.9 Å². The molecule has 1 amide bonds. The molecule has 6 nitrogen and oxygen atoms in total. The molecule has 0 bridgehead atoms. The Labute approximate surface area is 397 Å². The van der Waals surface area contributed by atoms with Crippen molar-refractivity contribution < 1.29 is 24.5 Å². The van der Waals surface area contributed by atoms with Gasteiger partial charge in [-0.05, 0) is 57.8 Å². The number of rotatable bonds is 49. The Bertz CT molecular complexity index is 1140. The third kappa shape index (κ3) is 46.1. The lowest BCUT2D eigenvalue weighted by Gasteiger charge is -2.24. The Balaban J connectivity index is 4.66. The van der Waals surface area contributed by atoms with Crippen molar-refractivity contribution in [3.63, 3.8) is 0 Å². The van der Waals surface area contributed by atoms with Crippen molar-refractivity contribution in [3.8, 4) is 0 Å². The van der Waals surface area contributed by atoms with Gasteiger partial charge >= 0.3 is 5.97 Å². The number of ether oxygens (including phenoxy) is 1. The molecule has 0 aliphatic carbocycles. The van der Waals surface area contributed by atoms with Gasteiger partial charge < -0.3 is 20.3 Å². The van der Waals surface area contributed by atoms with E-state index >= 15 is 0 Å². The van der Waals surface area contributed by atoms with Gasteiger partial charge in [-0.2, -0.15) is 0 Å². The first kappa shape index (κ1) is 61.6. The first-order valence-corrected chi connectivity index (χ1v) is 27.5. The number of aliphatic hydroxyl groups excluding tert-OH is 2. The van der Waals surface area contributed by atoms with Gasteiger partial charge in [0.15, 0.2) is 0 Å². The fourth-order valence-electron chi connectivity index (χ4n) is 8.25. The van der Waals surface area contributed by atoms with Crippen molar-refractivity contribution in [1.29, 1.82) is 0 Å². The molecule has 0 spiro atoms. The minimum Gasteiger partial charge on any atom is -0.462 e. The highest BCUT2D eigenvalue weighted by Gasteiger charge is 2.24. The van der Waals surface area contributed by atoms with E-state index in [-0.39, 0.29) is 31.3 Å². The van der Waals surface area contributed by atoms with E-state index in [1.807, 2.05) is 6.08 Å². The molecule has 0 fully saturated rings. The van der Waals surface area contributed by atoms with Gasteiger partial charge in [0.05, 0.1) is 25.2 Å². The average Bonchev–Trinajstić information content (AvgIpc) is 3.29. The first-order chi connectivity index (χ1) is 31.5. The van der Waals surface area contributed by atoms with Crippen molar-refractivity contribution in [2.24, 2.45) is 0 Å². The van der Waals surface area contributed by atoms with Crippen LogP contribution in [-0.2, 0) is 14.3 Å². The van der Waals surface area contributed by atoms with E-state index in [0.29, 0.717) is 19.3 Å². The zero-order valence-electron chi connectivity index (χ0n) is 42.4. The van der Waals surface area contributed by atoms with Crippen molar-refractivity contribution in [1.82, 2.24) is 5.32 Å². The molecule has 3 unspecified atom stereocenters. The third-order valence-corrected chi connectivity index (χ3v) is 12.4. The van der Waals surface area contributed by atoms with Gasteiger partial charge in [-0.25, -0.2) is 0 Å². The molecular weight excluding hydrogens is 791 g/mol. The highest BCUT2D eigenvalue weighted by molar-refractivity contribution is 5.77. The number of nitrogens with one attached hydrogen (secondary N) is 1. The summed E-state index contributed by atoms with van der Waals surface area (Å²) in [7, 11) is 0. The normalized spacial score (nSPS) is 13.6. The summed E-state index contributed by atoms with van der Waals surface area (Å²) in [6.45, 7) is 6.38. The average molecular weight is 896 g/mol. The summed E-state index contributed by atoms with van der Waals surface area (Å²) in [5.74, 6) is -0.563. The second-order valence-electron chi connectivity index (χ2n) is 18.6. The van der Waals surface area contributed by atoms with Crippen LogP contribution in [0.25, 0.3) is 0 Å². The molecule has 0 heterocycles. The number of aliphatic hydroxyl groups is 2. The molecule has 372 valence electrons. The molecule has 0 aliphatic rings. The summed E-state index contributed by atoms with van der Waals surface area (Å²) in [5, 5.41) is 23.8. The Morgan fingerprint density at radius 2 is 0.812 bits per heavy atom. The lowest BCUT2D eigenvalue weighted by atomic mass is 10.0. The second kappa shape index (κ2) is 51.5. The van der Waals surface area contributed by atoms with Crippen LogP contribution in [0.5, 0.6) is 0 Å². The Morgan fingerprint density at radius 3 is 1.19 bits per heavy atom. The van der Waals surface area contributed by atoms with Crippen LogP contribution in [0.2, 0.25) is 0 Å². The van der Waals surface area contributed by atoms with E-state index in [0.717, 1.165) is 70.6 Å². The standard InChI is InChI=1S/C58H105NO5/c1-4-7-10-13-16-19-22-25-28-30-33-36-39-42-45-48-51-58(63)64-54(49-46-43-40-37-34-31-29-26-23-20-17-14-11-8-5-2)52-57(62)59-55(53-60)56(61)50-47-44-41-38-35-32-27-24-21-18-15-12-9-6-3/h7,10,16,19,25,28,33,36,42,45,54-56,60-61H,4-6,8-9,11-15,17-18,20-24,26-27,29-32,34-35,37-41,43-44,46-53H2,1-3H3,(H,59,62)/b10-7+,19-16+,28-25+,36-33+,45-42+. The molecular formula is C58H105NO5. The number of unbranched alkanes of at least 4 members (excludes halogenated alkanes) is 27. The first-order valence-electron chi connectivity index (χ1n) is 27.5. The molecule has 3 N–H and O–H groups in total. The van der Waals surface area contributed by atoms with Gasteiger partial charge in [0, 0.05) is 6.42 Å². The van der Waals surface area contributed by atoms with Gasteiger partial charge in [-0.1, -0.05) is 261 Å². The van der Waals surface area contributed by atoms with E-state index in [1.54, 1.807) is 0 Å². The molecule has 0 aromatic heterocycles. The molecule has 0 saturated heterocycles. The Morgan fingerprint density at radius 1 is 0.469 bits per heavy atom. The quantitative estimate of drug-likeness (QED) is 0.0321. The highest BCUT2D eigenvalue weighted by atomic mass is 16.5. The summed E-state index contributed by atoms with van der Waals surface area (Å²) in [6, 6.07) is -0.716. The second-order valence-corrected chi connectivity index (χ2v) is 18.6. The van der Waals surface area contributed by atoms with Crippen molar-refractivity contribution >= 4 is 11.9 Å². The fourth-order valence-corrected chi connectivity index (χ4v) is 8.25. The van der Waals surface area contributed by atoms with Crippen molar-refractivity contribution in [2.75, 3.05) is 6.61 Å². The number of amides is 1. The molecule has 0 aromatic rings. The zero-order chi connectivity index (χ0) is 46.7. The van der Waals surface area contributed by atoms with Crippen LogP contribution in [0.3, 0.4) is 0 Å². The lowest BCUT2D eigenvalue weighted by molar-refractivity contribution is -0.150. The number of carbonyl (C=O) groups excluding carboxylic acids is 2. The van der Waals surface area contributed by atoms with E-state index in [2.05, 4.69) is 80.8 Å². The molecule has 64 heavy (non-hydrogen) atoms.